The quantitative estimate of drug-likeness (QED) is 0.650. The number of hydrogen-bond donors (Lipinski definition) is 0. The van der Waals surface area contributed by atoms with Gasteiger partial charge in [-0.1, -0.05) is 17.7 Å². The summed E-state index contributed by atoms with van der Waals surface area (Å²) >= 11 is 0. The van der Waals surface area contributed by atoms with Crippen LogP contribution in [0.3, 0.4) is 0 Å². The van der Waals surface area contributed by atoms with Crippen molar-refractivity contribution >= 4 is 6.29 Å². The molecule has 0 bridgehead atoms. The highest BCUT2D eigenvalue weighted by molar-refractivity contribution is 5.58. The smallest absolute Gasteiger partial charge is 0.203 e. The second kappa shape index (κ2) is 3.53. The van der Waals surface area contributed by atoms with Crippen LogP contribution < -0.4 is 0 Å². The Morgan fingerprint density at radius 2 is 1.67 bits per heavy atom. The van der Waals surface area contributed by atoms with Crippen LogP contribution in [0.25, 0.3) is 0 Å². The van der Waals surface area contributed by atoms with Gasteiger partial charge in [0.25, 0.3) is 0 Å². The molecule has 0 spiro atoms. The van der Waals surface area contributed by atoms with E-state index >= 15 is 0 Å². The third-order valence-corrected chi connectivity index (χ3v) is 2.09. The number of aryl methyl sites for hydroxylation is 3. The average Bonchev–Trinajstić information content (AvgIpc) is 1.96. The fraction of sp³-hybridized carbons (Fsp3) is 0.364. The molecular formula is C11H13O. The van der Waals surface area contributed by atoms with Gasteiger partial charge in [0.05, 0.1) is 0 Å². The summed E-state index contributed by atoms with van der Waals surface area (Å²) in [7, 11) is 0. The third kappa shape index (κ3) is 1.73. The zero-order valence-electron chi connectivity index (χ0n) is 7.77. The lowest BCUT2D eigenvalue weighted by atomic mass is 9.98. The SMILES string of the molecule is Cc1cc(C)c(C[C]=O)c(C)c1. The summed E-state index contributed by atoms with van der Waals surface area (Å²) in [5.41, 5.74) is 4.75. The van der Waals surface area contributed by atoms with Gasteiger partial charge in [0.15, 0.2) is 0 Å². The van der Waals surface area contributed by atoms with Gasteiger partial charge < -0.3 is 0 Å². The van der Waals surface area contributed by atoms with Crippen LogP contribution in [0, 0.1) is 20.8 Å². The third-order valence-electron chi connectivity index (χ3n) is 2.09. The Kier molecular flexibility index (Phi) is 2.64. The molecule has 0 aliphatic heterocycles. The minimum Gasteiger partial charge on any atom is -0.291 e. The molecule has 0 aromatic heterocycles. The van der Waals surface area contributed by atoms with Crippen LogP contribution in [0.15, 0.2) is 12.1 Å². The average molecular weight is 161 g/mol. The van der Waals surface area contributed by atoms with E-state index in [0.717, 1.165) is 5.56 Å². The lowest BCUT2D eigenvalue weighted by molar-refractivity contribution is 0.555. The molecule has 1 aromatic carbocycles. The van der Waals surface area contributed by atoms with Gasteiger partial charge >= 0.3 is 0 Å². The first-order valence-electron chi connectivity index (χ1n) is 4.07. The zero-order chi connectivity index (χ0) is 9.14. The monoisotopic (exact) mass is 161 g/mol. The normalized spacial score (nSPS) is 9.92. The number of carbonyl (C=O) groups excluding carboxylic acids is 1. The van der Waals surface area contributed by atoms with Crippen molar-refractivity contribution in [2.45, 2.75) is 27.2 Å². The van der Waals surface area contributed by atoms with E-state index in [0.29, 0.717) is 6.42 Å². The minimum atomic E-state index is 0.415. The molecule has 1 aromatic rings. The Bertz CT molecular complexity index is 277. The zero-order valence-corrected chi connectivity index (χ0v) is 7.77. The number of benzene rings is 1. The standard InChI is InChI=1S/C11H13O/c1-8-6-9(2)11(4-5-12)10(3)7-8/h6-7H,4H2,1-3H3. The second-order valence-corrected chi connectivity index (χ2v) is 3.20. The molecule has 0 atom stereocenters. The van der Waals surface area contributed by atoms with E-state index in [2.05, 4.69) is 19.1 Å². The van der Waals surface area contributed by atoms with Gasteiger partial charge in [-0.3, -0.25) is 4.79 Å². The van der Waals surface area contributed by atoms with Crippen molar-refractivity contribution in [3.63, 3.8) is 0 Å². The maximum absolute atomic E-state index is 10.2. The van der Waals surface area contributed by atoms with Gasteiger partial charge in [-0.05, 0) is 37.5 Å². The van der Waals surface area contributed by atoms with Crippen molar-refractivity contribution in [2.24, 2.45) is 0 Å². The van der Waals surface area contributed by atoms with Crippen molar-refractivity contribution in [1.82, 2.24) is 0 Å². The topological polar surface area (TPSA) is 17.1 Å². The van der Waals surface area contributed by atoms with E-state index in [9.17, 15) is 4.79 Å². The number of hydrogen-bond acceptors (Lipinski definition) is 1. The fourth-order valence-electron chi connectivity index (χ4n) is 1.56. The molecule has 0 fully saturated rings. The van der Waals surface area contributed by atoms with Gasteiger partial charge in [0.2, 0.25) is 6.29 Å². The molecule has 0 saturated heterocycles. The van der Waals surface area contributed by atoms with Crippen LogP contribution in [-0.2, 0) is 11.2 Å². The first-order valence-corrected chi connectivity index (χ1v) is 4.07. The molecule has 0 saturated carbocycles. The molecule has 0 unspecified atom stereocenters. The van der Waals surface area contributed by atoms with E-state index in [1.54, 1.807) is 0 Å². The molecule has 1 heteroatoms. The van der Waals surface area contributed by atoms with Gasteiger partial charge in [-0.25, -0.2) is 0 Å². The Labute approximate surface area is 73.4 Å². The highest BCUT2D eigenvalue weighted by Gasteiger charge is 2.02. The predicted molar refractivity (Wildman–Crippen MR) is 50.1 cm³/mol. The lowest BCUT2D eigenvalue weighted by Crippen LogP contribution is -1.95. The van der Waals surface area contributed by atoms with Crippen molar-refractivity contribution < 1.29 is 4.79 Å². The predicted octanol–water partition coefficient (Wildman–Crippen LogP) is 2.26. The summed E-state index contributed by atoms with van der Waals surface area (Å²) in [6.45, 7) is 6.13. The van der Waals surface area contributed by atoms with E-state index in [4.69, 9.17) is 0 Å². The van der Waals surface area contributed by atoms with Crippen LogP contribution >= 0.6 is 0 Å². The van der Waals surface area contributed by atoms with Gasteiger partial charge in [-0.15, -0.1) is 0 Å². The summed E-state index contributed by atoms with van der Waals surface area (Å²) in [4.78, 5) is 10.2. The Morgan fingerprint density at radius 1 is 1.17 bits per heavy atom. The summed E-state index contributed by atoms with van der Waals surface area (Å²) in [6, 6.07) is 4.19. The molecule has 1 radical (unpaired) electrons. The molecule has 0 aliphatic carbocycles. The van der Waals surface area contributed by atoms with Gasteiger partial charge in [0.1, 0.15) is 0 Å². The molecule has 0 amide bonds. The lowest BCUT2D eigenvalue weighted by Gasteiger charge is -2.07. The summed E-state index contributed by atoms with van der Waals surface area (Å²) < 4.78 is 0. The van der Waals surface area contributed by atoms with Gasteiger partial charge in [0, 0.05) is 6.42 Å². The van der Waals surface area contributed by atoms with E-state index in [1.807, 2.05) is 20.1 Å². The van der Waals surface area contributed by atoms with Crippen LogP contribution in [0.2, 0.25) is 0 Å². The Balaban J connectivity index is 3.18. The largest absolute Gasteiger partial charge is 0.291 e. The molecule has 12 heavy (non-hydrogen) atoms. The summed E-state index contributed by atoms with van der Waals surface area (Å²) in [6.07, 6.45) is 2.35. The van der Waals surface area contributed by atoms with Crippen molar-refractivity contribution in [1.29, 1.82) is 0 Å². The second-order valence-electron chi connectivity index (χ2n) is 3.20. The highest BCUT2D eigenvalue weighted by atomic mass is 16.1. The van der Waals surface area contributed by atoms with Crippen LogP contribution in [0.1, 0.15) is 22.3 Å². The van der Waals surface area contributed by atoms with Crippen LogP contribution in [-0.4, -0.2) is 6.29 Å². The number of rotatable bonds is 2. The molecular weight excluding hydrogens is 148 g/mol. The molecule has 1 nitrogen and oxygen atoms in total. The van der Waals surface area contributed by atoms with Crippen molar-refractivity contribution in [3.8, 4) is 0 Å². The minimum absolute atomic E-state index is 0.415. The van der Waals surface area contributed by atoms with Crippen molar-refractivity contribution in [2.75, 3.05) is 0 Å². The molecule has 0 heterocycles. The Morgan fingerprint density at radius 3 is 2.08 bits per heavy atom. The van der Waals surface area contributed by atoms with Crippen LogP contribution in [0.4, 0.5) is 0 Å². The maximum atomic E-state index is 10.2. The first kappa shape index (κ1) is 8.98. The van der Waals surface area contributed by atoms with Crippen LogP contribution in [0.5, 0.6) is 0 Å². The summed E-state index contributed by atoms with van der Waals surface area (Å²) in [5, 5.41) is 0. The molecule has 0 N–H and O–H groups in total. The Hall–Kier alpha value is -1.11. The van der Waals surface area contributed by atoms with E-state index in [1.165, 1.54) is 16.7 Å². The molecule has 0 aliphatic rings. The highest BCUT2D eigenvalue weighted by Crippen LogP contribution is 2.15. The fourth-order valence-corrected chi connectivity index (χ4v) is 1.56. The first-order chi connectivity index (χ1) is 5.65. The van der Waals surface area contributed by atoms with Crippen molar-refractivity contribution in [3.05, 3.63) is 34.4 Å². The maximum Gasteiger partial charge on any atom is 0.203 e. The molecule has 63 valence electrons. The van der Waals surface area contributed by atoms with E-state index < -0.39 is 0 Å². The van der Waals surface area contributed by atoms with E-state index in [-0.39, 0.29) is 0 Å². The molecule has 1 rings (SSSR count). The van der Waals surface area contributed by atoms with Gasteiger partial charge in [-0.2, -0.15) is 0 Å². The summed E-state index contributed by atoms with van der Waals surface area (Å²) in [5.74, 6) is 0.